The van der Waals surface area contributed by atoms with Crippen LogP contribution in [0.5, 0.6) is 0 Å². The number of nitrogens with zero attached hydrogens (tertiary/aromatic N) is 1. The van der Waals surface area contributed by atoms with Gasteiger partial charge in [0.05, 0.1) is 6.42 Å². The fraction of sp³-hybridized carbons (Fsp3) is 0.333. The van der Waals surface area contributed by atoms with E-state index >= 15 is 0 Å². The molecule has 0 bridgehead atoms. The van der Waals surface area contributed by atoms with Crippen LogP contribution in [0, 0.1) is 3.70 Å². The molecule has 0 aromatic carbocycles. The molecule has 1 heterocycles. The molecule has 88 valence electrons. The number of hydrogen-bond donors (Lipinski definition) is 1. The first-order valence-corrected chi connectivity index (χ1v) is 6.39. The zero-order valence-electron chi connectivity index (χ0n) is 7.88. The maximum Gasteiger partial charge on any atom is 0.307 e. The van der Waals surface area contributed by atoms with Crippen LogP contribution in [0.4, 0.5) is 8.78 Å². The minimum absolute atomic E-state index is 0.166. The largest absolute Gasteiger partial charge is 0.481 e. The molecule has 1 aromatic heterocycles. The van der Waals surface area contributed by atoms with Crippen LogP contribution in [0.25, 0.3) is 0 Å². The van der Waals surface area contributed by atoms with E-state index in [1.165, 1.54) is 6.07 Å². The van der Waals surface area contributed by atoms with E-state index in [9.17, 15) is 13.6 Å². The summed E-state index contributed by atoms with van der Waals surface area (Å²) in [5.74, 6) is -1.05. The third kappa shape index (κ3) is 3.34. The summed E-state index contributed by atoms with van der Waals surface area (Å²) in [5, 5.41) is 8.85. The van der Waals surface area contributed by atoms with Gasteiger partial charge in [-0.25, -0.2) is 13.8 Å². The van der Waals surface area contributed by atoms with Gasteiger partial charge in [-0.3, -0.25) is 4.79 Å². The summed E-state index contributed by atoms with van der Waals surface area (Å²) >= 11 is 4.86. The topological polar surface area (TPSA) is 50.2 Å². The molecule has 0 saturated heterocycles. The molecule has 0 amide bonds. The summed E-state index contributed by atoms with van der Waals surface area (Å²) < 4.78 is 25.7. The van der Waals surface area contributed by atoms with E-state index in [-0.39, 0.29) is 23.0 Å². The van der Waals surface area contributed by atoms with Crippen molar-refractivity contribution in [2.24, 2.45) is 0 Å². The number of carboxylic acid groups (broad SMARTS) is 1. The molecule has 0 radical (unpaired) electrons. The first-order chi connectivity index (χ1) is 7.45. The minimum Gasteiger partial charge on any atom is -0.481 e. The van der Waals surface area contributed by atoms with Crippen LogP contribution in [0.2, 0.25) is 0 Å². The van der Waals surface area contributed by atoms with Crippen molar-refractivity contribution in [2.75, 3.05) is 0 Å². The van der Waals surface area contributed by atoms with Crippen molar-refractivity contribution in [3.8, 4) is 0 Å². The Morgan fingerprint density at radius 1 is 1.62 bits per heavy atom. The fourth-order valence-electron chi connectivity index (χ4n) is 1.27. The van der Waals surface area contributed by atoms with Gasteiger partial charge in [0.15, 0.2) is 0 Å². The van der Waals surface area contributed by atoms with Crippen molar-refractivity contribution in [3.63, 3.8) is 0 Å². The summed E-state index contributed by atoms with van der Waals surface area (Å²) in [6.07, 6.45) is -2.98. The maximum atomic E-state index is 12.7. The highest BCUT2D eigenvalue weighted by atomic mass is 127. The van der Waals surface area contributed by atoms with E-state index in [4.69, 9.17) is 5.11 Å². The first-order valence-electron chi connectivity index (χ1n) is 4.19. The SMILES string of the molecule is O=C(O)Cc1cc(I)nc(C(F)F)c1CBr. The highest BCUT2D eigenvalue weighted by molar-refractivity contribution is 14.1. The molecule has 0 aliphatic heterocycles. The second-order valence-electron chi connectivity index (χ2n) is 2.97. The predicted molar refractivity (Wildman–Crippen MR) is 65.9 cm³/mol. The molecule has 0 unspecified atom stereocenters. The molecule has 0 saturated carbocycles. The normalized spacial score (nSPS) is 10.8. The maximum absolute atomic E-state index is 12.7. The Labute approximate surface area is 113 Å². The van der Waals surface area contributed by atoms with Crippen LogP contribution in [0.3, 0.4) is 0 Å². The molecular formula is C9H7BrF2INO2. The molecule has 1 rings (SSSR count). The lowest BCUT2D eigenvalue weighted by molar-refractivity contribution is -0.136. The second-order valence-corrected chi connectivity index (χ2v) is 4.64. The average Bonchev–Trinajstić information content (AvgIpc) is 2.15. The van der Waals surface area contributed by atoms with Gasteiger partial charge in [-0.1, -0.05) is 15.9 Å². The van der Waals surface area contributed by atoms with Gasteiger partial charge in [-0.05, 0) is 39.8 Å². The van der Waals surface area contributed by atoms with Crippen LogP contribution < -0.4 is 0 Å². The van der Waals surface area contributed by atoms with Gasteiger partial charge >= 0.3 is 5.97 Å². The second kappa shape index (κ2) is 5.85. The molecule has 0 aliphatic carbocycles. The summed E-state index contributed by atoms with van der Waals surface area (Å²) in [7, 11) is 0. The highest BCUT2D eigenvalue weighted by Crippen LogP contribution is 2.27. The summed E-state index contributed by atoms with van der Waals surface area (Å²) in [4.78, 5) is 14.3. The van der Waals surface area contributed by atoms with Crippen molar-refractivity contribution in [2.45, 2.75) is 18.2 Å². The first kappa shape index (κ1) is 13.8. The van der Waals surface area contributed by atoms with E-state index in [1.54, 1.807) is 22.6 Å². The number of alkyl halides is 3. The van der Waals surface area contributed by atoms with Crippen LogP contribution in [-0.2, 0) is 16.5 Å². The van der Waals surface area contributed by atoms with Crippen molar-refractivity contribution >= 4 is 44.5 Å². The van der Waals surface area contributed by atoms with Crippen LogP contribution in [0.1, 0.15) is 23.2 Å². The van der Waals surface area contributed by atoms with Gasteiger partial charge in [0.2, 0.25) is 0 Å². The molecule has 16 heavy (non-hydrogen) atoms. The number of carboxylic acids is 1. The molecule has 1 N–H and O–H groups in total. The number of halogens is 4. The molecule has 0 fully saturated rings. The van der Waals surface area contributed by atoms with Gasteiger partial charge < -0.3 is 5.11 Å². The van der Waals surface area contributed by atoms with Gasteiger partial charge in [0.25, 0.3) is 6.43 Å². The van der Waals surface area contributed by atoms with Crippen LogP contribution in [-0.4, -0.2) is 16.1 Å². The van der Waals surface area contributed by atoms with Crippen molar-refractivity contribution in [1.29, 1.82) is 0 Å². The average molecular weight is 406 g/mol. The van der Waals surface area contributed by atoms with Gasteiger partial charge in [-0.2, -0.15) is 0 Å². The minimum atomic E-state index is -2.70. The molecule has 1 aromatic rings. The van der Waals surface area contributed by atoms with E-state index in [0.29, 0.717) is 9.26 Å². The number of carbonyl (C=O) groups is 1. The molecule has 3 nitrogen and oxygen atoms in total. The Kier molecular flexibility index (Phi) is 5.03. The molecular weight excluding hydrogens is 399 g/mol. The molecule has 0 spiro atoms. The van der Waals surface area contributed by atoms with E-state index in [1.807, 2.05) is 0 Å². The number of aromatic nitrogens is 1. The van der Waals surface area contributed by atoms with E-state index in [0.717, 1.165) is 0 Å². The van der Waals surface area contributed by atoms with Crippen LogP contribution in [0.15, 0.2) is 6.07 Å². The lowest BCUT2D eigenvalue weighted by Gasteiger charge is -2.11. The molecule has 7 heteroatoms. The molecule has 0 atom stereocenters. The van der Waals surface area contributed by atoms with Gasteiger partial charge in [0.1, 0.15) is 9.39 Å². The summed E-state index contributed by atoms with van der Waals surface area (Å²) in [6, 6.07) is 1.51. The lowest BCUT2D eigenvalue weighted by Crippen LogP contribution is -2.08. The zero-order chi connectivity index (χ0) is 12.3. The Morgan fingerprint density at radius 3 is 2.69 bits per heavy atom. The van der Waals surface area contributed by atoms with Gasteiger partial charge in [-0.15, -0.1) is 0 Å². The smallest absolute Gasteiger partial charge is 0.307 e. The number of hydrogen-bond acceptors (Lipinski definition) is 2. The predicted octanol–water partition coefficient (Wildman–Crippen LogP) is 3.15. The van der Waals surface area contributed by atoms with Gasteiger partial charge in [0, 0.05) is 5.33 Å². The number of rotatable bonds is 4. The zero-order valence-corrected chi connectivity index (χ0v) is 11.6. The standard InChI is InChI=1S/C9H7BrF2INO2/c10-3-5-4(2-7(15)16)1-6(13)14-8(5)9(11)12/h1,9H,2-3H2,(H,15,16). The Morgan fingerprint density at radius 2 is 2.25 bits per heavy atom. The summed E-state index contributed by atoms with van der Waals surface area (Å²) in [6.45, 7) is 0. The Bertz CT molecular complexity index is 415. The van der Waals surface area contributed by atoms with Crippen LogP contribution >= 0.6 is 38.5 Å². The third-order valence-corrected chi connectivity index (χ3v) is 3.01. The Hall–Kier alpha value is -0.310. The fourth-order valence-corrected chi connectivity index (χ4v) is 2.55. The third-order valence-electron chi connectivity index (χ3n) is 1.90. The highest BCUT2D eigenvalue weighted by Gasteiger charge is 2.19. The quantitative estimate of drug-likeness (QED) is 0.475. The van der Waals surface area contributed by atoms with Crippen molar-refractivity contribution in [3.05, 3.63) is 26.6 Å². The van der Waals surface area contributed by atoms with E-state index in [2.05, 4.69) is 20.9 Å². The monoisotopic (exact) mass is 405 g/mol. The van der Waals surface area contributed by atoms with Crippen molar-refractivity contribution in [1.82, 2.24) is 4.98 Å². The van der Waals surface area contributed by atoms with Crippen molar-refractivity contribution < 1.29 is 18.7 Å². The molecule has 0 aliphatic rings. The van der Waals surface area contributed by atoms with E-state index < -0.39 is 12.4 Å². The summed E-state index contributed by atoms with van der Waals surface area (Å²) in [5.41, 5.74) is 0.289. The Balaban J connectivity index is 3.29. The number of aliphatic carboxylic acids is 1. The number of pyridine rings is 1. The lowest BCUT2D eigenvalue weighted by atomic mass is 10.1.